The zero-order valence-corrected chi connectivity index (χ0v) is 29.1. The van der Waals surface area contributed by atoms with Gasteiger partial charge in [0, 0.05) is 5.56 Å². The Balaban J connectivity index is 1.96. The van der Waals surface area contributed by atoms with E-state index in [2.05, 4.69) is 0 Å². The van der Waals surface area contributed by atoms with E-state index in [1.54, 1.807) is 38.1 Å². The van der Waals surface area contributed by atoms with E-state index in [-0.39, 0.29) is 52.2 Å². The van der Waals surface area contributed by atoms with Gasteiger partial charge in [-0.1, -0.05) is 36.4 Å². The fraction of sp³-hybridized carbons (Fsp3) is 0.250. The van der Waals surface area contributed by atoms with Crippen LogP contribution in [0.4, 0.5) is 0 Å². The molecule has 0 N–H and O–H groups in total. The van der Waals surface area contributed by atoms with Crippen LogP contribution in [-0.4, -0.2) is 58.2 Å². The molecule has 0 aliphatic carbocycles. The third-order valence-corrected chi connectivity index (χ3v) is 8.00. The lowest BCUT2D eigenvalue weighted by Gasteiger charge is -2.22. The van der Waals surface area contributed by atoms with Crippen LogP contribution in [0.3, 0.4) is 0 Å². The van der Waals surface area contributed by atoms with E-state index in [0.717, 1.165) is 24.3 Å². The summed E-state index contributed by atoms with van der Waals surface area (Å²) in [7, 11) is -9.32. The van der Waals surface area contributed by atoms with E-state index in [0.29, 0.717) is 22.3 Å². The first kappa shape index (κ1) is 35.4. The second kappa shape index (κ2) is 13.7. The molecule has 0 aliphatic heterocycles. The van der Waals surface area contributed by atoms with Crippen molar-refractivity contribution in [1.82, 2.24) is 0 Å². The van der Waals surface area contributed by atoms with Crippen molar-refractivity contribution in [3.8, 4) is 56.8 Å². The Morgan fingerprint density at radius 1 is 0.553 bits per heavy atom. The minimum absolute atomic E-state index is 0.00297. The predicted molar refractivity (Wildman–Crippen MR) is 177 cm³/mol. The summed E-state index contributed by atoms with van der Waals surface area (Å²) in [5.41, 5.74) is 3.00. The largest absolute Gasteiger partial charge is 0.496 e. The van der Waals surface area contributed by atoms with Gasteiger partial charge in [-0.15, -0.1) is 0 Å². The summed E-state index contributed by atoms with van der Waals surface area (Å²) in [4.78, 5) is 0. The number of methoxy groups -OCH3 is 2. The third kappa shape index (κ3) is 9.08. The molecule has 0 saturated carbocycles. The molecule has 0 bridgehead atoms. The maximum Gasteiger partial charge on any atom is 0.306 e. The first-order chi connectivity index (χ1) is 21.9. The molecule has 47 heavy (non-hydrogen) atoms. The third-order valence-electron chi connectivity index (χ3n) is 6.58. The summed E-state index contributed by atoms with van der Waals surface area (Å²) >= 11 is 0. The molecule has 4 rings (SSSR count). The summed E-state index contributed by atoms with van der Waals surface area (Å²) in [6.45, 7) is 3.43. The van der Waals surface area contributed by atoms with Crippen molar-refractivity contribution in [3.05, 3.63) is 83.4 Å². The van der Waals surface area contributed by atoms with Crippen LogP contribution in [0.1, 0.15) is 16.7 Å². The Bertz CT molecular complexity index is 2100. The molecular formula is C32H34O12S3. The normalized spacial score (nSPS) is 11.9. The van der Waals surface area contributed by atoms with Gasteiger partial charge >= 0.3 is 30.4 Å². The quantitative estimate of drug-likeness (QED) is 0.167. The van der Waals surface area contributed by atoms with Gasteiger partial charge in [-0.05, 0) is 72.0 Å². The van der Waals surface area contributed by atoms with E-state index in [4.69, 9.17) is 26.8 Å². The first-order valence-electron chi connectivity index (χ1n) is 13.8. The molecule has 0 fully saturated rings. The van der Waals surface area contributed by atoms with E-state index in [9.17, 15) is 25.3 Å². The Morgan fingerprint density at radius 3 is 1.66 bits per heavy atom. The standard InChI is InChI=1S/C32H34O12S3/c1-20-15-24(16-21(2)30(20)43-46(6,35)36)25-18-28(39-3)29(32(31(25)40-4)44-47(7,37)38)23-13-14-26(27(17-23)42-45(5,33)34)41-19-22-11-9-8-10-12-22/h8-18H,19H2,1-7H3. The predicted octanol–water partition coefficient (Wildman–Crippen LogP) is 5.25. The lowest BCUT2D eigenvalue weighted by molar-refractivity contribution is 0.296. The van der Waals surface area contributed by atoms with Gasteiger partial charge in [-0.3, -0.25) is 0 Å². The fourth-order valence-electron chi connectivity index (χ4n) is 4.83. The Morgan fingerprint density at radius 2 is 1.13 bits per heavy atom. The first-order valence-corrected chi connectivity index (χ1v) is 19.2. The number of aryl methyl sites for hydroxylation is 2. The van der Waals surface area contributed by atoms with Gasteiger partial charge in [0.1, 0.15) is 18.1 Å². The van der Waals surface area contributed by atoms with E-state index in [1.165, 1.54) is 26.4 Å². The number of rotatable bonds is 13. The summed E-state index contributed by atoms with van der Waals surface area (Å²) < 4.78 is 107. The van der Waals surface area contributed by atoms with Crippen molar-refractivity contribution in [2.24, 2.45) is 0 Å². The molecule has 0 aliphatic rings. The number of hydrogen-bond acceptors (Lipinski definition) is 12. The highest BCUT2D eigenvalue weighted by Crippen LogP contribution is 2.52. The molecule has 0 amide bonds. The van der Waals surface area contributed by atoms with Crippen LogP contribution in [0.15, 0.2) is 66.7 Å². The highest BCUT2D eigenvalue weighted by molar-refractivity contribution is 7.86. The van der Waals surface area contributed by atoms with Gasteiger partial charge in [0.15, 0.2) is 23.0 Å². The molecule has 15 heteroatoms. The van der Waals surface area contributed by atoms with E-state index < -0.39 is 30.4 Å². The van der Waals surface area contributed by atoms with Crippen molar-refractivity contribution in [3.63, 3.8) is 0 Å². The van der Waals surface area contributed by atoms with Crippen LogP contribution < -0.4 is 26.8 Å². The smallest absolute Gasteiger partial charge is 0.306 e. The summed E-state index contributed by atoms with van der Waals surface area (Å²) in [5, 5.41) is 0. The van der Waals surface area contributed by atoms with Crippen molar-refractivity contribution in [1.29, 1.82) is 0 Å². The summed E-state index contributed by atoms with van der Waals surface area (Å²) in [6.07, 6.45) is 2.68. The molecule has 12 nitrogen and oxygen atoms in total. The van der Waals surface area contributed by atoms with Crippen LogP contribution in [-0.2, 0) is 37.0 Å². The lowest BCUT2D eigenvalue weighted by Crippen LogP contribution is -2.10. The van der Waals surface area contributed by atoms with Gasteiger partial charge in [0.2, 0.25) is 0 Å². The molecule has 252 valence electrons. The minimum atomic E-state index is -4.17. The van der Waals surface area contributed by atoms with Gasteiger partial charge < -0.3 is 26.8 Å². The SMILES string of the molecule is COc1cc(-c2cc(C)c(OS(C)(=O)=O)c(C)c2)c(OC)c(OS(C)(=O)=O)c1-c1ccc(OCc2ccccc2)c(OS(C)(=O)=O)c1. The molecule has 0 atom stereocenters. The molecule has 0 saturated heterocycles. The topological polar surface area (TPSA) is 158 Å². The highest BCUT2D eigenvalue weighted by atomic mass is 32.2. The van der Waals surface area contributed by atoms with Gasteiger partial charge in [0.25, 0.3) is 0 Å². The zero-order chi connectivity index (χ0) is 34.7. The van der Waals surface area contributed by atoms with E-state index in [1.807, 2.05) is 30.3 Å². The molecule has 4 aromatic rings. The molecule has 0 spiro atoms. The minimum Gasteiger partial charge on any atom is -0.496 e. The molecular weight excluding hydrogens is 673 g/mol. The molecule has 0 aromatic heterocycles. The van der Waals surface area contributed by atoms with Gasteiger partial charge in [-0.2, -0.15) is 25.3 Å². The Labute approximate surface area is 275 Å². The maximum atomic E-state index is 12.6. The van der Waals surface area contributed by atoms with Gasteiger partial charge in [-0.25, -0.2) is 0 Å². The molecule has 0 radical (unpaired) electrons. The monoisotopic (exact) mass is 706 g/mol. The summed E-state index contributed by atoms with van der Waals surface area (Å²) in [6, 6.07) is 18.5. The molecule has 0 heterocycles. The van der Waals surface area contributed by atoms with Crippen molar-refractivity contribution in [2.75, 3.05) is 33.0 Å². The highest BCUT2D eigenvalue weighted by Gasteiger charge is 2.28. The molecule has 4 aromatic carbocycles. The fourth-order valence-corrected chi connectivity index (χ4v) is 6.32. The van der Waals surface area contributed by atoms with E-state index >= 15 is 0 Å². The number of ether oxygens (including phenoxy) is 3. The van der Waals surface area contributed by atoms with Crippen LogP contribution in [0.2, 0.25) is 0 Å². The van der Waals surface area contributed by atoms with Gasteiger partial charge in [0.05, 0.1) is 38.6 Å². The van der Waals surface area contributed by atoms with Crippen LogP contribution in [0.25, 0.3) is 22.3 Å². The zero-order valence-electron chi connectivity index (χ0n) is 26.7. The lowest BCUT2D eigenvalue weighted by atomic mass is 9.94. The van der Waals surface area contributed by atoms with Crippen LogP contribution in [0.5, 0.6) is 34.5 Å². The van der Waals surface area contributed by atoms with Crippen molar-refractivity contribution >= 4 is 30.4 Å². The second-order valence-electron chi connectivity index (χ2n) is 10.6. The Kier molecular flexibility index (Phi) is 10.3. The average Bonchev–Trinajstić information content (AvgIpc) is 2.96. The van der Waals surface area contributed by atoms with Crippen LogP contribution >= 0.6 is 0 Å². The van der Waals surface area contributed by atoms with Crippen molar-refractivity contribution in [2.45, 2.75) is 20.5 Å². The Hall–Kier alpha value is -4.47. The van der Waals surface area contributed by atoms with Crippen LogP contribution in [0, 0.1) is 13.8 Å². The number of hydrogen-bond donors (Lipinski definition) is 0. The summed E-state index contributed by atoms with van der Waals surface area (Å²) in [5.74, 6) is -0.0207. The number of benzene rings is 4. The average molecular weight is 707 g/mol. The second-order valence-corrected chi connectivity index (χ2v) is 15.3. The molecule has 0 unspecified atom stereocenters. The van der Waals surface area contributed by atoms with Crippen molar-refractivity contribution < 1.29 is 52.0 Å². The maximum absolute atomic E-state index is 12.6.